The highest BCUT2D eigenvalue weighted by molar-refractivity contribution is 6.73. The topological polar surface area (TPSA) is 9.23 Å². The molecule has 1 atom stereocenters. The van der Waals surface area contributed by atoms with E-state index in [4.69, 9.17) is 4.43 Å². The summed E-state index contributed by atoms with van der Waals surface area (Å²) in [6.45, 7) is 16.3. The Kier molecular flexibility index (Phi) is 7.32. The van der Waals surface area contributed by atoms with E-state index in [1.807, 2.05) is 0 Å². The molecule has 0 N–H and O–H groups in total. The molecule has 1 aromatic rings. The monoisotopic (exact) mass is 384 g/mol. The summed E-state index contributed by atoms with van der Waals surface area (Å²) >= 11 is 0. The van der Waals surface area contributed by atoms with Crippen molar-refractivity contribution in [3.63, 3.8) is 0 Å². The predicted molar refractivity (Wildman–Crippen MR) is 122 cm³/mol. The standard InChI is InChI=1S/C25H40OSi/c1-8-27(9-2,10-3)26-25(7,22-16-12-11-13-17-22)20-18-23-21(4)15-14-19-24(23,5)6/h11-13,16-18,20H,8-10,14-15,19H2,1-7H3/b20-18+. The van der Waals surface area contributed by atoms with Crippen molar-refractivity contribution in [1.82, 2.24) is 0 Å². The Balaban J connectivity index is 2.48. The summed E-state index contributed by atoms with van der Waals surface area (Å²) in [5, 5.41) is 0. The van der Waals surface area contributed by atoms with Crippen LogP contribution in [0.3, 0.4) is 0 Å². The first-order valence-electron chi connectivity index (χ1n) is 10.9. The Morgan fingerprint density at radius 1 is 1.07 bits per heavy atom. The number of benzene rings is 1. The first kappa shape index (κ1) is 22.2. The molecule has 0 aromatic heterocycles. The van der Waals surface area contributed by atoms with Gasteiger partial charge in [-0.05, 0) is 73.9 Å². The van der Waals surface area contributed by atoms with E-state index in [0.29, 0.717) is 0 Å². The molecule has 0 saturated carbocycles. The largest absolute Gasteiger partial charge is 0.404 e. The van der Waals surface area contributed by atoms with Crippen LogP contribution in [0.15, 0.2) is 53.6 Å². The molecule has 1 nitrogen and oxygen atoms in total. The summed E-state index contributed by atoms with van der Waals surface area (Å²) in [5.74, 6) is 0. The number of hydrogen-bond donors (Lipinski definition) is 0. The van der Waals surface area contributed by atoms with Gasteiger partial charge in [0.15, 0.2) is 8.32 Å². The second kappa shape index (κ2) is 8.92. The summed E-state index contributed by atoms with van der Waals surface area (Å²) in [6, 6.07) is 14.3. The minimum absolute atomic E-state index is 0.255. The second-order valence-corrected chi connectivity index (χ2v) is 13.8. The molecular weight excluding hydrogens is 344 g/mol. The van der Waals surface area contributed by atoms with Crippen LogP contribution in [0.1, 0.15) is 73.3 Å². The van der Waals surface area contributed by atoms with Crippen molar-refractivity contribution in [1.29, 1.82) is 0 Å². The SMILES string of the molecule is CC[Si](CC)(CC)OC(C)(/C=C/C1=C(C)CCCC1(C)C)c1ccccc1. The van der Waals surface area contributed by atoms with Gasteiger partial charge in [0.25, 0.3) is 0 Å². The third-order valence-corrected chi connectivity index (χ3v) is 11.5. The fourth-order valence-electron chi connectivity index (χ4n) is 4.63. The highest BCUT2D eigenvalue weighted by Crippen LogP contribution is 2.42. The maximum Gasteiger partial charge on any atom is 0.193 e. The van der Waals surface area contributed by atoms with Crippen LogP contribution < -0.4 is 0 Å². The Morgan fingerprint density at radius 3 is 2.19 bits per heavy atom. The van der Waals surface area contributed by atoms with E-state index in [-0.39, 0.29) is 11.0 Å². The van der Waals surface area contributed by atoms with E-state index in [1.165, 1.54) is 48.5 Å². The quantitative estimate of drug-likeness (QED) is 0.412. The molecule has 0 spiro atoms. The molecule has 1 aliphatic carbocycles. The van der Waals surface area contributed by atoms with Crippen LogP contribution in [0.5, 0.6) is 0 Å². The van der Waals surface area contributed by atoms with Crippen LogP contribution in [0.4, 0.5) is 0 Å². The lowest BCUT2D eigenvalue weighted by molar-refractivity contribution is 0.125. The van der Waals surface area contributed by atoms with Gasteiger partial charge in [-0.3, -0.25) is 0 Å². The van der Waals surface area contributed by atoms with Gasteiger partial charge < -0.3 is 4.43 Å². The van der Waals surface area contributed by atoms with E-state index >= 15 is 0 Å². The van der Waals surface area contributed by atoms with E-state index in [9.17, 15) is 0 Å². The normalized spacial score (nSPS) is 20.1. The molecule has 0 heterocycles. The lowest BCUT2D eigenvalue weighted by Gasteiger charge is -2.40. The molecule has 0 amide bonds. The average molecular weight is 385 g/mol. The fourth-order valence-corrected chi connectivity index (χ4v) is 7.65. The van der Waals surface area contributed by atoms with Crippen molar-refractivity contribution in [2.24, 2.45) is 5.41 Å². The lowest BCUT2D eigenvalue weighted by atomic mass is 9.72. The summed E-state index contributed by atoms with van der Waals surface area (Å²) in [6.07, 6.45) is 8.55. The zero-order valence-electron chi connectivity index (χ0n) is 18.7. The van der Waals surface area contributed by atoms with Crippen molar-refractivity contribution in [2.45, 2.75) is 91.5 Å². The first-order chi connectivity index (χ1) is 12.7. The van der Waals surface area contributed by atoms with Crippen LogP contribution in [-0.4, -0.2) is 8.32 Å². The lowest BCUT2D eigenvalue weighted by Crippen LogP contribution is -2.43. The van der Waals surface area contributed by atoms with Crippen LogP contribution in [0.2, 0.25) is 18.1 Å². The van der Waals surface area contributed by atoms with E-state index in [0.717, 1.165) is 0 Å². The Hall–Kier alpha value is -1.12. The van der Waals surface area contributed by atoms with Gasteiger partial charge in [-0.1, -0.05) is 76.6 Å². The van der Waals surface area contributed by atoms with Crippen LogP contribution in [-0.2, 0) is 10.0 Å². The van der Waals surface area contributed by atoms with Crippen molar-refractivity contribution >= 4 is 8.32 Å². The molecule has 0 bridgehead atoms. The van der Waals surface area contributed by atoms with Gasteiger partial charge in [-0.15, -0.1) is 0 Å². The van der Waals surface area contributed by atoms with E-state index < -0.39 is 8.32 Å². The zero-order chi connectivity index (χ0) is 20.1. The van der Waals surface area contributed by atoms with Gasteiger partial charge in [-0.25, -0.2) is 0 Å². The second-order valence-electron chi connectivity index (χ2n) is 9.08. The highest BCUT2D eigenvalue weighted by atomic mass is 28.4. The highest BCUT2D eigenvalue weighted by Gasteiger charge is 2.38. The van der Waals surface area contributed by atoms with Crippen LogP contribution in [0.25, 0.3) is 0 Å². The Morgan fingerprint density at radius 2 is 1.67 bits per heavy atom. The molecule has 27 heavy (non-hydrogen) atoms. The smallest absolute Gasteiger partial charge is 0.193 e. The molecule has 0 saturated heterocycles. The van der Waals surface area contributed by atoms with Crippen molar-refractivity contribution in [3.05, 3.63) is 59.2 Å². The summed E-state index contributed by atoms with van der Waals surface area (Å²) in [5.41, 5.74) is 4.21. The van der Waals surface area contributed by atoms with Gasteiger partial charge in [0, 0.05) is 0 Å². The molecular formula is C25H40OSi. The molecule has 150 valence electrons. The van der Waals surface area contributed by atoms with Crippen molar-refractivity contribution < 1.29 is 4.43 Å². The van der Waals surface area contributed by atoms with E-state index in [1.54, 1.807) is 5.57 Å². The maximum absolute atomic E-state index is 7.08. The van der Waals surface area contributed by atoms with Gasteiger partial charge in [0.05, 0.1) is 5.60 Å². The van der Waals surface area contributed by atoms with Gasteiger partial charge in [0.2, 0.25) is 0 Å². The van der Waals surface area contributed by atoms with Crippen molar-refractivity contribution in [2.75, 3.05) is 0 Å². The van der Waals surface area contributed by atoms with Gasteiger partial charge in [0.1, 0.15) is 0 Å². The molecule has 0 radical (unpaired) electrons. The molecule has 0 aliphatic heterocycles. The molecule has 0 fully saturated rings. The summed E-state index contributed by atoms with van der Waals surface area (Å²) < 4.78 is 7.08. The third kappa shape index (κ3) is 5.03. The van der Waals surface area contributed by atoms with E-state index in [2.05, 4.69) is 91.0 Å². The Bertz CT molecular complexity index is 659. The summed E-state index contributed by atoms with van der Waals surface area (Å²) in [7, 11) is -1.74. The van der Waals surface area contributed by atoms with Gasteiger partial charge >= 0.3 is 0 Å². The molecule has 2 rings (SSSR count). The molecule has 1 aliphatic rings. The minimum atomic E-state index is -1.74. The number of rotatable bonds is 8. The molecule has 1 unspecified atom stereocenters. The average Bonchev–Trinajstić information content (AvgIpc) is 2.66. The third-order valence-electron chi connectivity index (χ3n) is 6.82. The summed E-state index contributed by atoms with van der Waals surface area (Å²) in [4.78, 5) is 0. The number of hydrogen-bond acceptors (Lipinski definition) is 1. The predicted octanol–water partition coefficient (Wildman–Crippen LogP) is 8.01. The van der Waals surface area contributed by atoms with Crippen LogP contribution >= 0.6 is 0 Å². The number of allylic oxidation sites excluding steroid dienone is 3. The van der Waals surface area contributed by atoms with Gasteiger partial charge in [-0.2, -0.15) is 0 Å². The van der Waals surface area contributed by atoms with Crippen molar-refractivity contribution in [3.8, 4) is 0 Å². The van der Waals surface area contributed by atoms with Crippen LogP contribution in [0, 0.1) is 5.41 Å². The minimum Gasteiger partial charge on any atom is -0.404 e. The maximum atomic E-state index is 7.08. The molecule has 1 aromatic carbocycles. The fraction of sp³-hybridized carbons (Fsp3) is 0.600. The zero-order valence-corrected chi connectivity index (χ0v) is 19.7. The molecule has 2 heteroatoms. The first-order valence-corrected chi connectivity index (χ1v) is 13.4. The Labute approximate surface area is 169 Å².